The van der Waals surface area contributed by atoms with Gasteiger partial charge in [-0.3, -0.25) is 4.99 Å². The van der Waals surface area contributed by atoms with Crippen molar-refractivity contribution >= 4 is 5.71 Å². The van der Waals surface area contributed by atoms with Gasteiger partial charge in [0, 0.05) is 17.7 Å². The van der Waals surface area contributed by atoms with Gasteiger partial charge in [-0.15, -0.1) is 0 Å². The highest BCUT2D eigenvalue weighted by atomic mass is 14.8. The largest absolute Gasteiger partial charge is 0.293 e. The van der Waals surface area contributed by atoms with Gasteiger partial charge >= 0.3 is 0 Å². The van der Waals surface area contributed by atoms with E-state index in [1.165, 1.54) is 25.0 Å². The maximum absolute atomic E-state index is 4.67. The predicted molar refractivity (Wildman–Crippen MR) is 54.8 cm³/mol. The zero-order valence-corrected chi connectivity index (χ0v) is 8.85. The van der Waals surface area contributed by atoms with Gasteiger partial charge in [-0.2, -0.15) is 0 Å². The van der Waals surface area contributed by atoms with E-state index in [0.29, 0.717) is 11.3 Å². The van der Waals surface area contributed by atoms with Crippen molar-refractivity contribution < 1.29 is 0 Å². The lowest BCUT2D eigenvalue weighted by molar-refractivity contribution is 0.413. The summed E-state index contributed by atoms with van der Waals surface area (Å²) in [6, 6.07) is 0. The van der Waals surface area contributed by atoms with E-state index in [2.05, 4.69) is 32.7 Å². The molecule has 1 unspecified atom stereocenters. The third kappa shape index (κ3) is 1.88. The van der Waals surface area contributed by atoms with Gasteiger partial charge in [-0.25, -0.2) is 0 Å². The lowest BCUT2D eigenvalue weighted by Gasteiger charge is -2.33. The smallest absolute Gasteiger partial charge is 0.0389 e. The summed E-state index contributed by atoms with van der Waals surface area (Å²) < 4.78 is 0. The molecule has 0 saturated carbocycles. The standard InChI is InChI=1S/C11H21N/c1-5-9(2)10-11(3,4)7-6-8-12-10/h9H,5-8H2,1-4H3. The van der Waals surface area contributed by atoms with Crippen LogP contribution < -0.4 is 0 Å². The Labute approximate surface area is 76.3 Å². The summed E-state index contributed by atoms with van der Waals surface area (Å²) in [7, 11) is 0. The van der Waals surface area contributed by atoms with Crippen LogP contribution in [0.15, 0.2) is 4.99 Å². The van der Waals surface area contributed by atoms with Crippen molar-refractivity contribution in [1.82, 2.24) is 0 Å². The lowest BCUT2D eigenvalue weighted by Crippen LogP contribution is -2.32. The first kappa shape index (κ1) is 9.76. The molecule has 0 aliphatic carbocycles. The predicted octanol–water partition coefficient (Wildman–Crippen LogP) is 3.29. The molecule has 0 bridgehead atoms. The molecule has 0 aromatic rings. The molecular weight excluding hydrogens is 146 g/mol. The molecular formula is C11H21N. The van der Waals surface area contributed by atoms with E-state index in [1.54, 1.807) is 0 Å². The average molecular weight is 167 g/mol. The van der Waals surface area contributed by atoms with E-state index in [9.17, 15) is 0 Å². The van der Waals surface area contributed by atoms with Crippen molar-refractivity contribution in [2.75, 3.05) is 6.54 Å². The molecule has 0 spiro atoms. The molecule has 12 heavy (non-hydrogen) atoms. The van der Waals surface area contributed by atoms with Crippen LogP contribution in [0.1, 0.15) is 47.0 Å². The first-order chi connectivity index (χ1) is 5.58. The van der Waals surface area contributed by atoms with Crippen LogP contribution in [0.2, 0.25) is 0 Å². The Kier molecular flexibility index (Phi) is 2.92. The Hall–Kier alpha value is -0.330. The van der Waals surface area contributed by atoms with Crippen molar-refractivity contribution in [3.63, 3.8) is 0 Å². The third-order valence-corrected chi connectivity index (χ3v) is 3.01. The Bertz CT molecular complexity index is 179. The summed E-state index contributed by atoms with van der Waals surface area (Å²) in [5, 5.41) is 0. The minimum Gasteiger partial charge on any atom is -0.293 e. The van der Waals surface area contributed by atoms with Crippen molar-refractivity contribution in [3.8, 4) is 0 Å². The van der Waals surface area contributed by atoms with Crippen LogP contribution in [0.5, 0.6) is 0 Å². The Morgan fingerprint density at radius 1 is 1.50 bits per heavy atom. The number of aliphatic imine (C=N–C) groups is 1. The van der Waals surface area contributed by atoms with Crippen molar-refractivity contribution in [2.24, 2.45) is 16.3 Å². The summed E-state index contributed by atoms with van der Waals surface area (Å²) in [6.45, 7) is 10.3. The number of hydrogen-bond donors (Lipinski definition) is 0. The molecule has 0 aromatic carbocycles. The zero-order chi connectivity index (χ0) is 9.19. The second kappa shape index (κ2) is 3.59. The highest BCUT2D eigenvalue weighted by Crippen LogP contribution is 2.32. The van der Waals surface area contributed by atoms with E-state index in [0.717, 1.165) is 6.54 Å². The Morgan fingerprint density at radius 2 is 2.17 bits per heavy atom. The highest BCUT2D eigenvalue weighted by molar-refractivity contribution is 5.91. The van der Waals surface area contributed by atoms with Crippen LogP contribution in [-0.2, 0) is 0 Å². The van der Waals surface area contributed by atoms with E-state index in [-0.39, 0.29) is 0 Å². The highest BCUT2D eigenvalue weighted by Gasteiger charge is 2.29. The minimum absolute atomic E-state index is 0.369. The molecule has 1 heterocycles. The van der Waals surface area contributed by atoms with Crippen LogP contribution >= 0.6 is 0 Å². The summed E-state index contributed by atoms with van der Waals surface area (Å²) >= 11 is 0. The van der Waals surface area contributed by atoms with Gasteiger partial charge < -0.3 is 0 Å². The molecule has 0 aromatic heterocycles. The first-order valence-corrected chi connectivity index (χ1v) is 5.12. The molecule has 1 nitrogen and oxygen atoms in total. The molecule has 0 N–H and O–H groups in total. The molecule has 1 rings (SSSR count). The van der Waals surface area contributed by atoms with Gasteiger partial charge in [-0.05, 0) is 25.2 Å². The van der Waals surface area contributed by atoms with Crippen molar-refractivity contribution in [2.45, 2.75) is 47.0 Å². The fraction of sp³-hybridized carbons (Fsp3) is 0.909. The quantitative estimate of drug-likeness (QED) is 0.598. The molecule has 0 fully saturated rings. The molecule has 0 radical (unpaired) electrons. The molecule has 1 aliphatic heterocycles. The number of nitrogens with zero attached hydrogens (tertiary/aromatic N) is 1. The van der Waals surface area contributed by atoms with Crippen LogP contribution in [0.25, 0.3) is 0 Å². The molecule has 1 heteroatoms. The number of hydrogen-bond acceptors (Lipinski definition) is 1. The summed E-state index contributed by atoms with van der Waals surface area (Å²) in [5.74, 6) is 0.681. The van der Waals surface area contributed by atoms with Gasteiger partial charge in [-0.1, -0.05) is 27.7 Å². The SMILES string of the molecule is CCC(C)C1=NCCCC1(C)C. The van der Waals surface area contributed by atoms with Crippen LogP contribution in [0.4, 0.5) is 0 Å². The second-order valence-electron chi connectivity index (χ2n) is 4.56. The van der Waals surface area contributed by atoms with Gasteiger partial charge in [0.05, 0.1) is 0 Å². The molecule has 0 amide bonds. The van der Waals surface area contributed by atoms with Crippen molar-refractivity contribution in [1.29, 1.82) is 0 Å². The maximum Gasteiger partial charge on any atom is 0.0389 e. The molecule has 70 valence electrons. The van der Waals surface area contributed by atoms with Crippen LogP contribution in [0, 0.1) is 11.3 Å². The molecule has 0 saturated heterocycles. The Morgan fingerprint density at radius 3 is 2.67 bits per heavy atom. The van der Waals surface area contributed by atoms with E-state index < -0.39 is 0 Å². The monoisotopic (exact) mass is 167 g/mol. The van der Waals surface area contributed by atoms with Crippen molar-refractivity contribution in [3.05, 3.63) is 0 Å². The molecule has 1 atom stereocenters. The fourth-order valence-electron chi connectivity index (χ4n) is 2.08. The normalized spacial score (nSPS) is 24.8. The van der Waals surface area contributed by atoms with Gasteiger partial charge in [0.25, 0.3) is 0 Å². The van der Waals surface area contributed by atoms with Crippen LogP contribution in [-0.4, -0.2) is 12.3 Å². The zero-order valence-electron chi connectivity index (χ0n) is 8.85. The summed E-state index contributed by atoms with van der Waals surface area (Å²) in [6.07, 6.45) is 3.81. The number of rotatable bonds is 2. The van der Waals surface area contributed by atoms with Gasteiger partial charge in [0.15, 0.2) is 0 Å². The van der Waals surface area contributed by atoms with Gasteiger partial charge in [0.1, 0.15) is 0 Å². The fourth-order valence-corrected chi connectivity index (χ4v) is 2.08. The minimum atomic E-state index is 0.369. The van der Waals surface area contributed by atoms with E-state index in [4.69, 9.17) is 0 Å². The van der Waals surface area contributed by atoms with Gasteiger partial charge in [0.2, 0.25) is 0 Å². The van der Waals surface area contributed by atoms with Crippen LogP contribution in [0.3, 0.4) is 0 Å². The van der Waals surface area contributed by atoms with E-state index >= 15 is 0 Å². The summed E-state index contributed by atoms with van der Waals surface area (Å²) in [5.41, 5.74) is 1.82. The second-order valence-corrected chi connectivity index (χ2v) is 4.56. The topological polar surface area (TPSA) is 12.4 Å². The Balaban J connectivity index is 2.78. The molecule has 1 aliphatic rings. The maximum atomic E-state index is 4.67. The lowest BCUT2D eigenvalue weighted by atomic mass is 9.75. The van der Waals surface area contributed by atoms with E-state index in [1.807, 2.05) is 0 Å². The average Bonchev–Trinajstić information content (AvgIpc) is 2.02. The summed E-state index contributed by atoms with van der Waals surface area (Å²) in [4.78, 5) is 4.67. The first-order valence-electron chi connectivity index (χ1n) is 5.12. The third-order valence-electron chi connectivity index (χ3n) is 3.01.